The van der Waals surface area contributed by atoms with Crippen LogP contribution in [0.25, 0.3) is 72.6 Å². The van der Waals surface area contributed by atoms with Crippen LogP contribution in [0.4, 0.5) is 0 Å². The van der Waals surface area contributed by atoms with E-state index in [2.05, 4.69) is 145 Å². The third-order valence-corrected chi connectivity index (χ3v) is 9.27. The van der Waals surface area contributed by atoms with E-state index in [4.69, 9.17) is 17.6 Å². The predicted molar refractivity (Wildman–Crippen MR) is 218 cm³/mol. The van der Waals surface area contributed by atoms with Crippen LogP contribution in [0.15, 0.2) is 162 Å². The van der Waals surface area contributed by atoms with E-state index in [1.165, 1.54) is 30.0 Å². The van der Waals surface area contributed by atoms with Gasteiger partial charge < -0.3 is 14.0 Å². The molecule has 0 unspecified atom stereocenters. The SMILES string of the molecule is CC(C)c1ccc2o[c-]c(-c3nc4ccccc4n3-c3c(-c4ccccc4)cccc3-c3ccccc3)c2c1.[2H]C([2H])([2H])c1c[c-]c(-c2ccc(C([2H])([2H])[2H])cn2)cc1.[Ir]. The molecule has 0 amide bonds. The maximum absolute atomic E-state index is 7.28. The summed E-state index contributed by atoms with van der Waals surface area (Å²) in [6, 6.07) is 52.9. The summed E-state index contributed by atoms with van der Waals surface area (Å²) in [6.45, 7) is 0.0815. The van der Waals surface area contributed by atoms with Gasteiger partial charge in [0.05, 0.1) is 22.5 Å². The van der Waals surface area contributed by atoms with Crippen molar-refractivity contribution in [1.29, 1.82) is 0 Å². The van der Waals surface area contributed by atoms with Crippen molar-refractivity contribution in [3.8, 4) is 50.6 Å². The first kappa shape index (κ1) is 29.6. The Morgan fingerprint density at radius 3 is 2.02 bits per heavy atom. The molecule has 0 fully saturated rings. The summed E-state index contributed by atoms with van der Waals surface area (Å²) in [5.74, 6) is 1.22. The molecule has 5 heteroatoms. The third-order valence-electron chi connectivity index (χ3n) is 9.27. The number of rotatable bonds is 6. The van der Waals surface area contributed by atoms with Crippen molar-refractivity contribution in [2.24, 2.45) is 0 Å². The number of hydrogen-bond donors (Lipinski definition) is 0. The van der Waals surface area contributed by atoms with Crippen molar-refractivity contribution in [1.82, 2.24) is 14.5 Å². The largest absolute Gasteiger partial charge is 0.557 e. The van der Waals surface area contributed by atoms with Gasteiger partial charge >= 0.3 is 0 Å². The minimum absolute atomic E-state index is 0. The van der Waals surface area contributed by atoms with Gasteiger partial charge in [0.15, 0.2) is 0 Å². The molecule has 0 aliphatic rings. The molecule has 0 aliphatic heterocycles. The molecule has 267 valence electrons. The van der Waals surface area contributed by atoms with Gasteiger partial charge in [-0.3, -0.25) is 4.98 Å². The van der Waals surface area contributed by atoms with Gasteiger partial charge in [0.2, 0.25) is 0 Å². The number of nitrogens with zero attached hydrogens (tertiary/aromatic N) is 3. The molecule has 0 spiro atoms. The van der Waals surface area contributed by atoms with E-state index in [0.29, 0.717) is 17.2 Å². The van der Waals surface area contributed by atoms with E-state index in [1.54, 1.807) is 12.1 Å². The summed E-state index contributed by atoms with van der Waals surface area (Å²) in [4.78, 5) is 9.27. The summed E-state index contributed by atoms with van der Waals surface area (Å²) < 4.78 is 51.9. The first-order valence-electron chi connectivity index (χ1n) is 20.5. The van der Waals surface area contributed by atoms with Crippen molar-refractivity contribution in [3.63, 3.8) is 0 Å². The Hall–Kier alpha value is -5.87. The van der Waals surface area contributed by atoms with Crippen molar-refractivity contribution < 1.29 is 32.7 Å². The van der Waals surface area contributed by atoms with E-state index < -0.39 is 13.7 Å². The molecule has 0 bridgehead atoms. The second kappa shape index (κ2) is 16.0. The van der Waals surface area contributed by atoms with Crippen LogP contribution < -0.4 is 0 Å². The predicted octanol–water partition coefficient (Wildman–Crippen LogP) is 12.9. The van der Waals surface area contributed by atoms with E-state index >= 15 is 0 Å². The van der Waals surface area contributed by atoms with Crippen LogP contribution in [0.2, 0.25) is 0 Å². The molecule has 3 aromatic heterocycles. The molecule has 0 aliphatic carbocycles. The van der Waals surface area contributed by atoms with Gasteiger partial charge in [-0.15, -0.1) is 35.4 Å². The molecule has 0 saturated carbocycles. The van der Waals surface area contributed by atoms with Crippen LogP contribution in [0.5, 0.6) is 0 Å². The van der Waals surface area contributed by atoms with Crippen molar-refractivity contribution in [2.75, 3.05) is 0 Å². The van der Waals surface area contributed by atoms with Gasteiger partial charge in [0.25, 0.3) is 0 Å². The zero-order chi connectivity index (χ0) is 41.3. The number of imidazole rings is 1. The molecular weight excluding hydrogens is 839 g/mol. The summed E-state index contributed by atoms with van der Waals surface area (Å²) in [7, 11) is 0. The molecule has 1 radical (unpaired) electrons. The maximum Gasteiger partial charge on any atom is 0.0774 e. The summed E-state index contributed by atoms with van der Waals surface area (Å²) in [5.41, 5.74) is 12.1. The van der Waals surface area contributed by atoms with Gasteiger partial charge in [-0.1, -0.05) is 159 Å². The van der Waals surface area contributed by atoms with Crippen molar-refractivity contribution in [2.45, 2.75) is 33.5 Å². The summed E-state index contributed by atoms with van der Waals surface area (Å²) in [6.07, 6.45) is 4.53. The van der Waals surface area contributed by atoms with Crippen LogP contribution in [0.3, 0.4) is 0 Å². The standard InChI is InChI=1S/C36H27N2O.C13H12N.Ir/c1-24(2)27-20-21-34-30(22-27)31(23-39-34)36-37-32-18-9-10-19-33(32)38(36)35-28(25-12-5-3-6-13-25)16-11-17-29(35)26-14-7-4-8-15-26;1-10-3-6-12(7-4-10)13-8-5-11(2)9-14-13;/h3-22,24H,1-2H3;3-6,8-9H,1-2H3;/q2*-1;/i;1D3,2D3;. The Labute approximate surface area is 339 Å². The quantitative estimate of drug-likeness (QED) is 0.156. The fourth-order valence-corrected chi connectivity index (χ4v) is 6.56. The molecule has 0 atom stereocenters. The zero-order valence-electron chi connectivity index (χ0n) is 35.7. The minimum Gasteiger partial charge on any atom is -0.557 e. The van der Waals surface area contributed by atoms with Gasteiger partial charge in [-0.2, -0.15) is 0 Å². The van der Waals surface area contributed by atoms with Gasteiger partial charge in [-0.25, -0.2) is 0 Å². The number of furan rings is 1. The van der Waals surface area contributed by atoms with E-state index in [0.717, 1.165) is 61.3 Å². The van der Waals surface area contributed by atoms with Gasteiger partial charge in [0.1, 0.15) is 0 Å². The summed E-state index contributed by atoms with van der Waals surface area (Å²) >= 11 is 0. The third kappa shape index (κ3) is 7.34. The van der Waals surface area contributed by atoms with Crippen LogP contribution in [-0.4, -0.2) is 14.5 Å². The minimum atomic E-state index is -2.18. The second-order valence-electron chi connectivity index (χ2n) is 13.1. The van der Waals surface area contributed by atoms with E-state index in [-0.39, 0.29) is 31.2 Å². The molecule has 6 aromatic carbocycles. The monoisotopic (exact) mass is 884 g/mol. The average Bonchev–Trinajstić information content (AvgIpc) is 3.85. The Balaban J connectivity index is 0.000000220. The molecule has 4 nitrogen and oxygen atoms in total. The first-order valence-corrected chi connectivity index (χ1v) is 17.5. The van der Waals surface area contributed by atoms with Crippen LogP contribution in [0, 0.1) is 26.0 Å². The number of aromatic nitrogens is 3. The number of pyridine rings is 1. The number of para-hydroxylation sites is 3. The molecule has 0 saturated heterocycles. The Morgan fingerprint density at radius 1 is 0.704 bits per heavy atom. The van der Waals surface area contributed by atoms with E-state index in [1.807, 2.05) is 12.1 Å². The Morgan fingerprint density at radius 2 is 1.39 bits per heavy atom. The zero-order valence-corrected chi connectivity index (χ0v) is 32.1. The fraction of sp³-hybridized carbons (Fsp3) is 0.102. The first-order chi connectivity index (χ1) is 28.4. The van der Waals surface area contributed by atoms with Gasteiger partial charge in [-0.05, 0) is 47.3 Å². The van der Waals surface area contributed by atoms with E-state index in [9.17, 15) is 0 Å². The van der Waals surface area contributed by atoms with Crippen LogP contribution in [0.1, 0.15) is 44.7 Å². The smallest absolute Gasteiger partial charge is 0.0774 e. The molecule has 9 aromatic rings. The topological polar surface area (TPSA) is 43.9 Å². The molecular formula is C49H39IrN3O-2. The van der Waals surface area contributed by atoms with Gasteiger partial charge in [0, 0.05) is 57.5 Å². The van der Waals surface area contributed by atoms with Crippen molar-refractivity contribution >= 4 is 22.0 Å². The Kier molecular flexibility index (Phi) is 8.77. The van der Waals surface area contributed by atoms with Crippen molar-refractivity contribution in [3.05, 3.63) is 187 Å². The fourth-order valence-electron chi connectivity index (χ4n) is 6.56. The maximum atomic E-state index is 7.28. The number of benzene rings is 6. The Bertz CT molecular complexity index is 2750. The van der Waals surface area contributed by atoms with Crippen LogP contribution in [-0.2, 0) is 20.1 Å². The number of hydrogen-bond acceptors (Lipinski definition) is 3. The molecule has 0 N–H and O–H groups in total. The number of aryl methyl sites for hydroxylation is 2. The summed E-state index contributed by atoms with van der Waals surface area (Å²) in [5, 5.41) is 1.02. The molecule has 54 heavy (non-hydrogen) atoms. The number of fused-ring (bicyclic) bond motifs is 2. The van der Waals surface area contributed by atoms with Crippen LogP contribution >= 0.6 is 0 Å². The molecule has 9 rings (SSSR count). The normalized spacial score (nSPS) is 13.1. The average molecular weight is 884 g/mol. The molecule has 3 heterocycles. The second-order valence-corrected chi connectivity index (χ2v) is 13.1.